The lowest BCUT2D eigenvalue weighted by Crippen LogP contribution is -2.20. The van der Waals surface area contributed by atoms with E-state index in [-0.39, 0.29) is 42.1 Å². The lowest BCUT2D eigenvalue weighted by Gasteiger charge is -2.29. The fraction of sp³-hybridized carbons (Fsp3) is 0.478. The maximum Gasteiger partial charge on any atom is 0.200 e. The minimum absolute atomic E-state index is 0.0864. The first kappa shape index (κ1) is 22.4. The van der Waals surface area contributed by atoms with Crippen LogP contribution in [0.15, 0.2) is 24.3 Å². The highest BCUT2D eigenvalue weighted by Gasteiger charge is 2.27. The van der Waals surface area contributed by atoms with Crippen LogP contribution in [0.3, 0.4) is 0 Å². The van der Waals surface area contributed by atoms with Crippen molar-refractivity contribution < 1.29 is 32.1 Å². The predicted molar refractivity (Wildman–Crippen MR) is 105 cm³/mol. The second-order valence-corrected chi connectivity index (χ2v) is 7.70. The summed E-state index contributed by atoms with van der Waals surface area (Å²) >= 11 is 0. The maximum atomic E-state index is 14.4. The van der Waals surface area contributed by atoms with Crippen LogP contribution in [0.2, 0.25) is 0 Å². The number of hydrogen-bond donors (Lipinski definition) is 1. The number of ether oxygens (including phenoxy) is 2. The van der Waals surface area contributed by atoms with Gasteiger partial charge in [-0.2, -0.15) is 8.78 Å². The van der Waals surface area contributed by atoms with E-state index in [1.807, 2.05) is 0 Å². The van der Waals surface area contributed by atoms with Gasteiger partial charge < -0.3 is 14.6 Å². The van der Waals surface area contributed by atoms with Crippen LogP contribution in [0, 0.1) is 29.2 Å². The molecule has 3 rings (SSSR count). The number of aliphatic hydroxyl groups excluding tert-OH is 1. The minimum Gasteiger partial charge on any atom is -0.491 e. The molecule has 0 radical (unpaired) electrons. The third kappa shape index (κ3) is 4.72. The van der Waals surface area contributed by atoms with Gasteiger partial charge in [0.2, 0.25) is 11.6 Å². The number of halogens is 4. The van der Waals surface area contributed by atoms with Crippen LogP contribution >= 0.6 is 0 Å². The molecule has 164 valence electrons. The first-order valence-electron chi connectivity index (χ1n) is 10.2. The minimum atomic E-state index is -1.12. The van der Waals surface area contributed by atoms with Crippen LogP contribution in [-0.2, 0) is 0 Å². The van der Waals surface area contributed by atoms with Crippen LogP contribution in [0.4, 0.5) is 17.6 Å². The average molecular weight is 426 g/mol. The van der Waals surface area contributed by atoms with E-state index in [1.165, 1.54) is 25.1 Å². The van der Waals surface area contributed by atoms with E-state index in [0.717, 1.165) is 0 Å². The highest BCUT2D eigenvalue weighted by molar-refractivity contribution is 5.34. The van der Waals surface area contributed by atoms with Crippen molar-refractivity contribution in [1.82, 2.24) is 0 Å². The van der Waals surface area contributed by atoms with Crippen molar-refractivity contribution in [3.8, 4) is 11.5 Å². The standard InChI is InChI=1S/C23H26F4O3/c1-3-29-18-11-9-17(21(25)22(18)26)15-6-4-14(5-7-15)12-30-19-10-8-16(13(2)28)20(24)23(19)27/h8-11,13-15,28H,3-7,12H2,1-2H3. The van der Waals surface area contributed by atoms with Gasteiger partial charge in [0.25, 0.3) is 0 Å². The molecule has 0 bridgehead atoms. The lowest BCUT2D eigenvalue weighted by molar-refractivity contribution is 0.184. The largest absolute Gasteiger partial charge is 0.491 e. The third-order valence-corrected chi connectivity index (χ3v) is 5.66. The number of rotatable bonds is 7. The molecule has 2 aromatic carbocycles. The fourth-order valence-electron chi connectivity index (χ4n) is 3.96. The molecule has 1 fully saturated rings. The molecule has 1 unspecified atom stereocenters. The van der Waals surface area contributed by atoms with Gasteiger partial charge in [-0.3, -0.25) is 0 Å². The molecule has 0 saturated heterocycles. The predicted octanol–water partition coefficient (Wildman–Crippen LogP) is 6.05. The molecule has 0 aromatic heterocycles. The topological polar surface area (TPSA) is 38.7 Å². The molecule has 7 heteroatoms. The van der Waals surface area contributed by atoms with Crippen LogP contribution in [-0.4, -0.2) is 18.3 Å². The van der Waals surface area contributed by atoms with Crippen LogP contribution in [0.25, 0.3) is 0 Å². The lowest BCUT2D eigenvalue weighted by atomic mass is 9.79. The summed E-state index contributed by atoms with van der Waals surface area (Å²) in [4.78, 5) is 0. The van der Waals surface area contributed by atoms with Crippen molar-refractivity contribution in [3.63, 3.8) is 0 Å². The second-order valence-electron chi connectivity index (χ2n) is 7.70. The van der Waals surface area contributed by atoms with Crippen LogP contribution in [0.1, 0.15) is 62.7 Å². The Morgan fingerprint density at radius 1 is 0.867 bits per heavy atom. The van der Waals surface area contributed by atoms with Crippen molar-refractivity contribution in [2.24, 2.45) is 5.92 Å². The number of aliphatic hydroxyl groups is 1. The zero-order valence-corrected chi connectivity index (χ0v) is 17.1. The van der Waals surface area contributed by atoms with Crippen molar-refractivity contribution in [3.05, 3.63) is 58.7 Å². The van der Waals surface area contributed by atoms with E-state index >= 15 is 0 Å². The normalized spacial score (nSPS) is 20.1. The summed E-state index contributed by atoms with van der Waals surface area (Å²) in [5.41, 5.74) is 0.224. The van der Waals surface area contributed by atoms with Gasteiger partial charge in [0, 0.05) is 5.56 Å². The Kier molecular flexibility index (Phi) is 7.23. The maximum absolute atomic E-state index is 14.4. The Hall–Kier alpha value is -2.28. The monoisotopic (exact) mass is 426 g/mol. The van der Waals surface area contributed by atoms with E-state index in [9.17, 15) is 22.7 Å². The highest BCUT2D eigenvalue weighted by atomic mass is 19.2. The van der Waals surface area contributed by atoms with Gasteiger partial charge in [-0.1, -0.05) is 6.07 Å². The average Bonchev–Trinajstić information content (AvgIpc) is 2.73. The molecule has 1 N–H and O–H groups in total. The molecular weight excluding hydrogens is 400 g/mol. The van der Waals surface area contributed by atoms with E-state index in [2.05, 4.69) is 0 Å². The molecule has 0 heterocycles. The van der Waals surface area contributed by atoms with Gasteiger partial charge in [0.15, 0.2) is 23.1 Å². The second kappa shape index (κ2) is 9.69. The first-order chi connectivity index (χ1) is 14.3. The van der Waals surface area contributed by atoms with Gasteiger partial charge >= 0.3 is 0 Å². The molecule has 0 spiro atoms. The third-order valence-electron chi connectivity index (χ3n) is 5.66. The highest BCUT2D eigenvalue weighted by Crippen LogP contribution is 2.39. The Balaban J connectivity index is 1.58. The molecular formula is C23H26F4O3. The van der Waals surface area contributed by atoms with Crippen LogP contribution < -0.4 is 9.47 Å². The van der Waals surface area contributed by atoms with Crippen LogP contribution in [0.5, 0.6) is 11.5 Å². The summed E-state index contributed by atoms with van der Waals surface area (Å²) in [5.74, 6) is -4.33. The van der Waals surface area contributed by atoms with Gasteiger partial charge in [-0.25, -0.2) is 8.78 Å². The Morgan fingerprint density at radius 3 is 2.10 bits per heavy atom. The Labute approximate surface area is 173 Å². The molecule has 1 saturated carbocycles. The molecule has 0 amide bonds. The van der Waals surface area contributed by atoms with Crippen molar-refractivity contribution in [2.45, 2.75) is 51.6 Å². The quantitative estimate of drug-likeness (QED) is 0.548. The van der Waals surface area contributed by atoms with Gasteiger partial charge in [0.05, 0.1) is 19.3 Å². The number of benzene rings is 2. The molecule has 30 heavy (non-hydrogen) atoms. The summed E-state index contributed by atoms with van der Waals surface area (Å²) in [5, 5.41) is 9.45. The Bertz CT molecular complexity index is 877. The molecule has 1 aliphatic carbocycles. The van der Waals surface area contributed by atoms with E-state index in [4.69, 9.17) is 9.47 Å². The molecule has 1 atom stereocenters. The van der Waals surface area contributed by atoms with E-state index in [1.54, 1.807) is 13.0 Å². The van der Waals surface area contributed by atoms with E-state index < -0.39 is 29.4 Å². The van der Waals surface area contributed by atoms with Gasteiger partial charge in [-0.15, -0.1) is 0 Å². The summed E-state index contributed by atoms with van der Waals surface area (Å²) in [7, 11) is 0. The van der Waals surface area contributed by atoms with Crippen molar-refractivity contribution in [2.75, 3.05) is 13.2 Å². The van der Waals surface area contributed by atoms with E-state index in [0.29, 0.717) is 31.2 Å². The number of hydrogen-bond acceptors (Lipinski definition) is 3. The molecule has 3 nitrogen and oxygen atoms in total. The summed E-state index contributed by atoms with van der Waals surface area (Å²) in [6.07, 6.45) is 1.59. The summed E-state index contributed by atoms with van der Waals surface area (Å²) in [6, 6.07) is 5.65. The zero-order valence-electron chi connectivity index (χ0n) is 17.1. The van der Waals surface area contributed by atoms with Crippen molar-refractivity contribution in [1.29, 1.82) is 0 Å². The summed E-state index contributed by atoms with van der Waals surface area (Å²) in [6.45, 7) is 3.52. The SMILES string of the molecule is CCOc1ccc(C2CCC(COc3ccc(C(C)O)c(F)c3F)CC2)c(F)c1F. The Morgan fingerprint density at radius 2 is 1.47 bits per heavy atom. The molecule has 1 aliphatic rings. The summed E-state index contributed by atoms with van der Waals surface area (Å²) < 4.78 is 67.2. The van der Waals surface area contributed by atoms with Gasteiger partial charge in [-0.05, 0) is 75.1 Å². The first-order valence-corrected chi connectivity index (χ1v) is 10.2. The smallest absolute Gasteiger partial charge is 0.200 e. The molecule has 0 aliphatic heterocycles. The van der Waals surface area contributed by atoms with Gasteiger partial charge in [0.1, 0.15) is 0 Å². The van der Waals surface area contributed by atoms with Crippen molar-refractivity contribution >= 4 is 0 Å². The molecule has 2 aromatic rings. The fourth-order valence-corrected chi connectivity index (χ4v) is 3.96. The zero-order chi connectivity index (χ0) is 21.8.